The molecule has 0 aromatic heterocycles. The summed E-state index contributed by atoms with van der Waals surface area (Å²) in [7, 11) is -2.78. The van der Waals surface area contributed by atoms with E-state index in [1.807, 2.05) is 0 Å². The Hall–Kier alpha value is -0.0900. The van der Waals surface area contributed by atoms with Crippen molar-refractivity contribution in [1.82, 2.24) is 5.32 Å². The van der Waals surface area contributed by atoms with Gasteiger partial charge in [-0.05, 0) is 37.5 Å². The smallest absolute Gasteiger partial charge is 0.151 e. The summed E-state index contributed by atoms with van der Waals surface area (Å²) in [5, 5.41) is 3.62. The highest BCUT2D eigenvalue weighted by Gasteiger charge is 2.29. The van der Waals surface area contributed by atoms with Gasteiger partial charge in [0, 0.05) is 12.1 Å². The summed E-state index contributed by atoms with van der Waals surface area (Å²) < 4.78 is 23.3. The Balaban J connectivity index is 1.85. The molecule has 0 aromatic carbocycles. The van der Waals surface area contributed by atoms with E-state index >= 15 is 0 Å². The van der Waals surface area contributed by atoms with Crippen LogP contribution in [-0.2, 0) is 9.84 Å². The normalized spacial score (nSPS) is 36.7. The third-order valence-electron chi connectivity index (χ3n) is 4.59. The Morgan fingerprint density at radius 3 is 2.44 bits per heavy atom. The summed E-state index contributed by atoms with van der Waals surface area (Å²) >= 11 is 0. The van der Waals surface area contributed by atoms with Crippen molar-refractivity contribution in [3.8, 4) is 0 Å². The molecule has 106 valence electrons. The molecule has 1 saturated heterocycles. The van der Waals surface area contributed by atoms with Crippen molar-refractivity contribution in [2.24, 2.45) is 11.8 Å². The first-order chi connectivity index (χ1) is 8.46. The number of nitrogens with one attached hydrogen (secondary N) is 1. The highest BCUT2D eigenvalue weighted by Crippen LogP contribution is 2.30. The minimum absolute atomic E-state index is 0.208. The molecule has 2 rings (SSSR count). The number of rotatable bonds is 3. The van der Waals surface area contributed by atoms with Crippen LogP contribution in [0.2, 0.25) is 0 Å². The summed E-state index contributed by atoms with van der Waals surface area (Å²) in [5.74, 6) is 2.32. The van der Waals surface area contributed by atoms with E-state index in [-0.39, 0.29) is 6.04 Å². The van der Waals surface area contributed by atoms with Crippen molar-refractivity contribution in [1.29, 1.82) is 0 Å². The van der Waals surface area contributed by atoms with E-state index in [4.69, 9.17) is 0 Å². The molecule has 3 unspecified atom stereocenters. The molecule has 1 aliphatic heterocycles. The summed E-state index contributed by atoms with van der Waals surface area (Å²) in [6.45, 7) is 4.61. The van der Waals surface area contributed by atoms with E-state index in [9.17, 15) is 8.42 Å². The molecule has 2 fully saturated rings. The predicted octanol–water partition coefficient (Wildman–Crippen LogP) is 2.37. The largest absolute Gasteiger partial charge is 0.310 e. The Morgan fingerprint density at radius 1 is 1.06 bits per heavy atom. The second-order valence-corrected chi connectivity index (χ2v) is 8.72. The zero-order chi connectivity index (χ0) is 13.2. The zero-order valence-corrected chi connectivity index (χ0v) is 12.5. The van der Waals surface area contributed by atoms with Gasteiger partial charge >= 0.3 is 0 Å². The molecule has 2 aliphatic rings. The number of hydrogen-bond donors (Lipinski definition) is 1. The maximum absolute atomic E-state index is 11.6. The Labute approximate surface area is 112 Å². The molecule has 1 N–H and O–H groups in total. The Bertz CT molecular complexity index is 364. The maximum atomic E-state index is 11.6. The molecule has 4 heteroatoms. The lowest BCUT2D eigenvalue weighted by molar-refractivity contribution is 0.220. The van der Waals surface area contributed by atoms with Gasteiger partial charge in [-0.15, -0.1) is 0 Å². The van der Waals surface area contributed by atoms with Crippen molar-refractivity contribution in [2.75, 3.05) is 11.5 Å². The van der Waals surface area contributed by atoms with E-state index < -0.39 is 9.84 Å². The molecule has 0 bridgehead atoms. The van der Waals surface area contributed by atoms with E-state index in [1.54, 1.807) is 0 Å². The van der Waals surface area contributed by atoms with Crippen LogP contribution in [0.25, 0.3) is 0 Å². The maximum Gasteiger partial charge on any atom is 0.151 e. The second kappa shape index (κ2) is 5.91. The quantitative estimate of drug-likeness (QED) is 0.858. The summed E-state index contributed by atoms with van der Waals surface area (Å²) in [6.07, 6.45) is 6.95. The highest BCUT2D eigenvalue weighted by atomic mass is 32.2. The lowest BCUT2D eigenvalue weighted by Gasteiger charge is -2.35. The first-order valence-electron chi connectivity index (χ1n) is 7.43. The van der Waals surface area contributed by atoms with E-state index in [0.29, 0.717) is 17.5 Å². The third-order valence-corrected chi connectivity index (χ3v) is 6.41. The first-order valence-corrected chi connectivity index (χ1v) is 9.25. The van der Waals surface area contributed by atoms with Crippen LogP contribution in [-0.4, -0.2) is 32.0 Å². The average Bonchev–Trinajstić information content (AvgIpc) is 2.28. The van der Waals surface area contributed by atoms with Gasteiger partial charge in [-0.25, -0.2) is 8.42 Å². The molecule has 1 aliphatic carbocycles. The molecule has 1 heterocycles. The second-order valence-electron chi connectivity index (χ2n) is 6.49. The van der Waals surface area contributed by atoms with Crippen LogP contribution < -0.4 is 5.32 Å². The van der Waals surface area contributed by atoms with Crippen molar-refractivity contribution in [2.45, 2.75) is 64.5 Å². The van der Waals surface area contributed by atoms with Gasteiger partial charge in [0.15, 0.2) is 9.84 Å². The first kappa shape index (κ1) is 14.3. The zero-order valence-electron chi connectivity index (χ0n) is 11.7. The standard InChI is InChI=1S/C14H27NO2S/c1-11(2)12-5-3-6-13(9-12)15-14-7-4-8-18(16,17)10-14/h11-15H,3-10H2,1-2H3. The number of sulfone groups is 1. The molecular weight excluding hydrogens is 246 g/mol. The van der Waals surface area contributed by atoms with Crippen molar-refractivity contribution in [3.63, 3.8) is 0 Å². The van der Waals surface area contributed by atoms with Crippen LogP contribution in [0.15, 0.2) is 0 Å². The van der Waals surface area contributed by atoms with E-state index in [1.165, 1.54) is 25.7 Å². The van der Waals surface area contributed by atoms with Gasteiger partial charge in [0.1, 0.15) is 0 Å². The van der Waals surface area contributed by atoms with Gasteiger partial charge in [-0.1, -0.05) is 26.7 Å². The predicted molar refractivity (Wildman–Crippen MR) is 75.4 cm³/mol. The minimum Gasteiger partial charge on any atom is -0.310 e. The number of hydrogen-bond acceptors (Lipinski definition) is 3. The van der Waals surface area contributed by atoms with Crippen molar-refractivity contribution < 1.29 is 8.42 Å². The topological polar surface area (TPSA) is 46.2 Å². The van der Waals surface area contributed by atoms with Gasteiger partial charge in [-0.3, -0.25) is 0 Å². The van der Waals surface area contributed by atoms with Crippen LogP contribution in [0, 0.1) is 11.8 Å². The summed E-state index contributed by atoms with van der Waals surface area (Å²) in [5.41, 5.74) is 0. The van der Waals surface area contributed by atoms with Gasteiger partial charge in [0.05, 0.1) is 11.5 Å². The molecule has 0 radical (unpaired) electrons. The van der Waals surface area contributed by atoms with Gasteiger partial charge in [-0.2, -0.15) is 0 Å². The van der Waals surface area contributed by atoms with Gasteiger partial charge in [0.2, 0.25) is 0 Å². The van der Waals surface area contributed by atoms with Crippen molar-refractivity contribution in [3.05, 3.63) is 0 Å². The SMILES string of the molecule is CC(C)C1CCCC(NC2CCCS(=O)(=O)C2)C1. The summed E-state index contributed by atoms with van der Waals surface area (Å²) in [4.78, 5) is 0. The van der Waals surface area contributed by atoms with Crippen LogP contribution in [0.5, 0.6) is 0 Å². The average molecular weight is 273 g/mol. The molecule has 18 heavy (non-hydrogen) atoms. The fraction of sp³-hybridized carbons (Fsp3) is 1.00. The lowest BCUT2D eigenvalue weighted by Crippen LogP contribution is -2.47. The fourth-order valence-corrected chi connectivity index (χ4v) is 5.12. The molecule has 0 aromatic rings. The Kier molecular flexibility index (Phi) is 4.70. The molecule has 0 spiro atoms. The molecular formula is C14H27NO2S. The fourth-order valence-electron chi connectivity index (χ4n) is 3.47. The molecule has 3 nitrogen and oxygen atoms in total. The van der Waals surface area contributed by atoms with Crippen molar-refractivity contribution >= 4 is 9.84 Å². The van der Waals surface area contributed by atoms with Crippen LogP contribution in [0.1, 0.15) is 52.4 Å². The monoisotopic (exact) mass is 273 g/mol. The summed E-state index contributed by atoms with van der Waals surface area (Å²) in [6, 6.07) is 0.754. The van der Waals surface area contributed by atoms with E-state index in [2.05, 4.69) is 19.2 Å². The minimum atomic E-state index is -2.78. The van der Waals surface area contributed by atoms with Gasteiger partial charge < -0.3 is 5.32 Å². The third kappa shape index (κ3) is 3.95. The molecule has 3 atom stereocenters. The van der Waals surface area contributed by atoms with E-state index in [0.717, 1.165) is 24.7 Å². The molecule has 0 amide bonds. The molecule has 1 saturated carbocycles. The van der Waals surface area contributed by atoms with Crippen LogP contribution in [0.3, 0.4) is 0 Å². The van der Waals surface area contributed by atoms with Crippen LogP contribution >= 0.6 is 0 Å². The lowest BCUT2D eigenvalue weighted by atomic mass is 9.79. The highest BCUT2D eigenvalue weighted by molar-refractivity contribution is 7.91. The van der Waals surface area contributed by atoms with Crippen LogP contribution in [0.4, 0.5) is 0 Å². The Morgan fingerprint density at radius 2 is 1.78 bits per heavy atom. The van der Waals surface area contributed by atoms with Gasteiger partial charge in [0.25, 0.3) is 0 Å².